The maximum absolute atomic E-state index is 11.6. The van der Waals surface area contributed by atoms with Gasteiger partial charge in [-0.1, -0.05) is 6.92 Å². The molecule has 1 aromatic rings. The maximum atomic E-state index is 11.6. The summed E-state index contributed by atoms with van der Waals surface area (Å²) in [5.74, 6) is -0.0339. The van der Waals surface area contributed by atoms with E-state index in [4.69, 9.17) is 0 Å². The highest BCUT2D eigenvalue weighted by Crippen LogP contribution is 1.97. The molecule has 0 saturated heterocycles. The molecular formula is C7H13N5O. The number of tetrazole rings is 1. The summed E-state index contributed by atoms with van der Waals surface area (Å²) in [5, 5.41) is 12.8. The van der Waals surface area contributed by atoms with Crippen LogP contribution in [-0.2, 0) is 0 Å². The Bertz CT molecular complexity index is 258. The monoisotopic (exact) mass is 183 g/mol. The number of hydrogen-bond acceptors (Lipinski definition) is 4. The molecule has 0 radical (unpaired) electrons. The predicted octanol–water partition coefficient (Wildman–Crippen LogP) is 0.0718. The number of amides is 1. The van der Waals surface area contributed by atoms with Crippen LogP contribution in [0.15, 0.2) is 0 Å². The molecule has 1 rings (SSSR count). The van der Waals surface area contributed by atoms with Crippen LogP contribution in [0.25, 0.3) is 0 Å². The molecule has 0 spiro atoms. The molecule has 1 aromatic heterocycles. The Labute approximate surface area is 76.3 Å². The molecule has 0 fully saturated rings. The highest BCUT2D eigenvalue weighted by Gasteiger charge is 2.16. The Morgan fingerprint density at radius 2 is 2.31 bits per heavy atom. The fourth-order valence-corrected chi connectivity index (χ4v) is 1.07. The lowest BCUT2D eigenvalue weighted by Crippen LogP contribution is -2.32. The average Bonchev–Trinajstić information content (AvgIpc) is 2.65. The van der Waals surface area contributed by atoms with E-state index in [-0.39, 0.29) is 11.7 Å². The fraction of sp³-hybridized carbons (Fsp3) is 0.714. The molecule has 0 aromatic carbocycles. The minimum atomic E-state index is -0.168. The number of carbonyl (C=O) groups is 1. The van der Waals surface area contributed by atoms with Gasteiger partial charge in [-0.05, 0) is 18.6 Å². The zero-order chi connectivity index (χ0) is 9.68. The molecular weight excluding hydrogens is 170 g/mol. The Kier molecular flexibility index (Phi) is 3.36. The summed E-state index contributed by atoms with van der Waals surface area (Å²) >= 11 is 0. The van der Waals surface area contributed by atoms with E-state index < -0.39 is 0 Å². The summed E-state index contributed by atoms with van der Waals surface area (Å²) in [6, 6.07) is 0. The predicted molar refractivity (Wildman–Crippen MR) is 46.0 cm³/mol. The van der Waals surface area contributed by atoms with Crippen molar-refractivity contribution in [3.8, 4) is 0 Å². The van der Waals surface area contributed by atoms with Gasteiger partial charge in [0.1, 0.15) is 0 Å². The second-order valence-electron chi connectivity index (χ2n) is 2.62. The third kappa shape index (κ3) is 2.24. The molecule has 0 bridgehead atoms. The lowest BCUT2D eigenvalue weighted by atomic mass is 10.4. The highest BCUT2D eigenvalue weighted by molar-refractivity contribution is 5.90. The first-order chi connectivity index (χ1) is 6.29. The third-order valence-electron chi connectivity index (χ3n) is 1.70. The quantitative estimate of drug-likeness (QED) is 0.716. The summed E-state index contributed by atoms with van der Waals surface area (Å²) in [4.78, 5) is 13.3. The van der Waals surface area contributed by atoms with Gasteiger partial charge in [0.25, 0.3) is 11.7 Å². The van der Waals surface area contributed by atoms with Crippen molar-refractivity contribution < 1.29 is 4.79 Å². The third-order valence-corrected chi connectivity index (χ3v) is 1.70. The molecule has 0 saturated carbocycles. The van der Waals surface area contributed by atoms with E-state index in [0.717, 1.165) is 13.0 Å². The highest BCUT2D eigenvalue weighted by atomic mass is 16.2. The van der Waals surface area contributed by atoms with Gasteiger partial charge in [-0.2, -0.15) is 5.21 Å². The van der Waals surface area contributed by atoms with E-state index in [0.29, 0.717) is 6.54 Å². The van der Waals surface area contributed by atoms with Crippen LogP contribution in [0, 0.1) is 0 Å². The Morgan fingerprint density at radius 1 is 1.54 bits per heavy atom. The van der Waals surface area contributed by atoms with Gasteiger partial charge >= 0.3 is 0 Å². The van der Waals surface area contributed by atoms with Gasteiger partial charge in [-0.3, -0.25) is 4.79 Å². The Hall–Kier alpha value is -1.46. The molecule has 0 atom stereocenters. The van der Waals surface area contributed by atoms with E-state index >= 15 is 0 Å². The first-order valence-electron chi connectivity index (χ1n) is 4.32. The number of nitrogens with zero attached hydrogens (tertiary/aromatic N) is 4. The zero-order valence-electron chi connectivity index (χ0n) is 7.82. The maximum Gasteiger partial charge on any atom is 0.295 e. The minimum Gasteiger partial charge on any atom is -0.336 e. The standard InChI is InChI=1S/C7H13N5O/c1-3-5-12(4-2)7(13)6-8-10-11-9-6/h3-5H2,1-2H3,(H,8,9,10,11). The van der Waals surface area contributed by atoms with Gasteiger partial charge in [0, 0.05) is 13.1 Å². The second-order valence-corrected chi connectivity index (χ2v) is 2.62. The van der Waals surface area contributed by atoms with E-state index in [1.54, 1.807) is 4.90 Å². The van der Waals surface area contributed by atoms with Crippen LogP contribution >= 0.6 is 0 Å². The molecule has 6 nitrogen and oxygen atoms in total. The van der Waals surface area contributed by atoms with Crippen LogP contribution in [0.3, 0.4) is 0 Å². The topological polar surface area (TPSA) is 74.8 Å². The summed E-state index contributed by atoms with van der Waals surface area (Å²) < 4.78 is 0. The lowest BCUT2D eigenvalue weighted by molar-refractivity contribution is 0.0752. The molecule has 13 heavy (non-hydrogen) atoms. The molecule has 0 aliphatic heterocycles. The summed E-state index contributed by atoms with van der Waals surface area (Å²) in [6.07, 6.45) is 0.928. The number of nitrogens with one attached hydrogen (secondary N) is 1. The van der Waals surface area contributed by atoms with E-state index in [1.165, 1.54) is 0 Å². The van der Waals surface area contributed by atoms with Crippen LogP contribution in [0.2, 0.25) is 0 Å². The fourth-order valence-electron chi connectivity index (χ4n) is 1.07. The van der Waals surface area contributed by atoms with Gasteiger partial charge in [-0.25, -0.2) is 0 Å². The first-order valence-corrected chi connectivity index (χ1v) is 4.32. The lowest BCUT2D eigenvalue weighted by Gasteiger charge is -2.17. The van der Waals surface area contributed by atoms with Gasteiger partial charge in [0.2, 0.25) is 0 Å². The number of aromatic nitrogens is 4. The zero-order valence-corrected chi connectivity index (χ0v) is 7.82. The average molecular weight is 183 g/mol. The molecule has 6 heteroatoms. The van der Waals surface area contributed by atoms with Gasteiger partial charge < -0.3 is 4.90 Å². The van der Waals surface area contributed by atoms with Gasteiger partial charge in [0.05, 0.1) is 0 Å². The van der Waals surface area contributed by atoms with E-state index in [1.807, 2.05) is 13.8 Å². The number of rotatable bonds is 4. The van der Waals surface area contributed by atoms with E-state index in [2.05, 4.69) is 20.6 Å². The Balaban J connectivity index is 2.65. The summed E-state index contributed by atoms with van der Waals surface area (Å²) in [5.41, 5.74) is 0. The van der Waals surface area contributed by atoms with Crippen molar-refractivity contribution in [3.63, 3.8) is 0 Å². The van der Waals surface area contributed by atoms with Crippen molar-refractivity contribution in [1.82, 2.24) is 25.5 Å². The van der Waals surface area contributed by atoms with Crippen molar-refractivity contribution in [2.24, 2.45) is 0 Å². The molecule has 0 aliphatic rings. The number of carbonyl (C=O) groups excluding carboxylic acids is 1. The molecule has 1 amide bonds. The van der Waals surface area contributed by atoms with Crippen LogP contribution < -0.4 is 0 Å². The molecule has 0 unspecified atom stereocenters. The largest absolute Gasteiger partial charge is 0.336 e. The normalized spacial score (nSPS) is 10.0. The SMILES string of the molecule is CCCN(CC)C(=O)c1nn[nH]n1. The molecule has 1 heterocycles. The van der Waals surface area contributed by atoms with Crippen LogP contribution in [0.5, 0.6) is 0 Å². The van der Waals surface area contributed by atoms with Crippen LogP contribution in [-0.4, -0.2) is 44.5 Å². The molecule has 1 N–H and O–H groups in total. The van der Waals surface area contributed by atoms with Crippen molar-refractivity contribution in [2.75, 3.05) is 13.1 Å². The van der Waals surface area contributed by atoms with Crippen LogP contribution in [0.1, 0.15) is 30.9 Å². The first kappa shape index (κ1) is 9.63. The van der Waals surface area contributed by atoms with Crippen molar-refractivity contribution in [2.45, 2.75) is 20.3 Å². The Morgan fingerprint density at radius 3 is 2.77 bits per heavy atom. The van der Waals surface area contributed by atoms with Gasteiger partial charge in [-0.15, -0.1) is 10.2 Å². The smallest absolute Gasteiger partial charge is 0.295 e. The van der Waals surface area contributed by atoms with Crippen molar-refractivity contribution in [1.29, 1.82) is 0 Å². The molecule has 0 aliphatic carbocycles. The molecule has 72 valence electrons. The van der Waals surface area contributed by atoms with Crippen LogP contribution in [0.4, 0.5) is 0 Å². The summed E-state index contributed by atoms with van der Waals surface area (Å²) in [7, 11) is 0. The van der Waals surface area contributed by atoms with Gasteiger partial charge in [0.15, 0.2) is 0 Å². The number of H-pyrrole nitrogens is 1. The van der Waals surface area contributed by atoms with Crippen molar-refractivity contribution in [3.05, 3.63) is 5.82 Å². The minimum absolute atomic E-state index is 0.135. The second kappa shape index (κ2) is 4.54. The summed E-state index contributed by atoms with van der Waals surface area (Å²) in [6.45, 7) is 5.34. The van der Waals surface area contributed by atoms with Crippen molar-refractivity contribution >= 4 is 5.91 Å². The number of aromatic amines is 1. The van der Waals surface area contributed by atoms with E-state index in [9.17, 15) is 4.79 Å². The number of hydrogen-bond donors (Lipinski definition) is 1.